The molecule has 2 saturated heterocycles. The third kappa shape index (κ3) is 2.49. The topological polar surface area (TPSA) is 31.1 Å². The maximum absolute atomic E-state index is 3.69. The first-order valence-corrected chi connectivity index (χ1v) is 8.29. The van der Waals surface area contributed by atoms with Gasteiger partial charge in [-0.1, -0.05) is 18.2 Å². The summed E-state index contributed by atoms with van der Waals surface area (Å²) >= 11 is 0. The molecule has 2 fully saturated rings. The van der Waals surface area contributed by atoms with Crippen LogP contribution in [0.3, 0.4) is 0 Å². The Bertz CT molecular complexity index is 604. The Morgan fingerprint density at radius 3 is 2.76 bits per heavy atom. The van der Waals surface area contributed by atoms with E-state index in [1.165, 1.54) is 48.7 Å². The fraction of sp³-hybridized carbons (Fsp3) is 0.556. The second-order valence-corrected chi connectivity index (χ2v) is 6.88. The molecule has 1 aromatic carbocycles. The lowest BCUT2D eigenvalue weighted by molar-refractivity contribution is 0.133. The second kappa shape index (κ2) is 5.47. The molecule has 112 valence electrons. The summed E-state index contributed by atoms with van der Waals surface area (Å²) in [7, 11) is 2.32. The van der Waals surface area contributed by atoms with Crippen molar-refractivity contribution in [3.8, 4) is 0 Å². The van der Waals surface area contributed by atoms with Crippen LogP contribution in [0.1, 0.15) is 31.2 Å². The largest absolute Gasteiger partial charge is 0.361 e. The summed E-state index contributed by atoms with van der Waals surface area (Å²) in [5.41, 5.74) is 2.63. The van der Waals surface area contributed by atoms with Crippen molar-refractivity contribution in [1.29, 1.82) is 0 Å². The van der Waals surface area contributed by atoms with Crippen molar-refractivity contribution in [2.45, 2.75) is 44.3 Å². The fourth-order valence-electron chi connectivity index (χ4n) is 4.38. The van der Waals surface area contributed by atoms with Gasteiger partial charge in [-0.15, -0.1) is 0 Å². The second-order valence-electron chi connectivity index (χ2n) is 6.88. The fourth-order valence-corrected chi connectivity index (χ4v) is 4.38. The predicted molar refractivity (Wildman–Crippen MR) is 87.3 cm³/mol. The molecule has 1 aromatic heterocycles. The number of fused-ring (bicyclic) bond motifs is 3. The van der Waals surface area contributed by atoms with Crippen LogP contribution in [0.4, 0.5) is 0 Å². The maximum Gasteiger partial charge on any atom is 0.0457 e. The van der Waals surface area contributed by atoms with E-state index in [0.717, 1.165) is 24.5 Å². The molecule has 2 atom stereocenters. The Kier molecular flexibility index (Phi) is 3.48. The summed E-state index contributed by atoms with van der Waals surface area (Å²) in [6.45, 7) is 2.14. The number of hydrogen-bond acceptors (Lipinski definition) is 2. The first kappa shape index (κ1) is 13.4. The molecule has 2 aromatic rings. The molecule has 3 heterocycles. The number of aromatic nitrogens is 1. The van der Waals surface area contributed by atoms with Crippen molar-refractivity contribution in [2.24, 2.45) is 5.92 Å². The average molecular weight is 283 g/mol. The van der Waals surface area contributed by atoms with Crippen LogP contribution in [0, 0.1) is 5.92 Å². The number of benzene rings is 1. The molecule has 0 spiro atoms. The summed E-state index contributed by atoms with van der Waals surface area (Å²) in [5, 5.41) is 5.05. The SMILES string of the molecule is CN1C2CCC1CC(CNCc1c[nH]c3ccccc13)C2. The number of piperidine rings is 1. The van der Waals surface area contributed by atoms with Crippen LogP contribution in [0.5, 0.6) is 0 Å². The molecule has 3 nitrogen and oxygen atoms in total. The van der Waals surface area contributed by atoms with E-state index in [1.54, 1.807) is 0 Å². The van der Waals surface area contributed by atoms with Crippen LogP contribution in [-0.2, 0) is 6.54 Å². The lowest BCUT2D eigenvalue weighted by atomic mass is 9.91. The first-order chi connectivity index (χ1) is 10.3. The minimum atomic E-state index is 0.851. The van der Waals surface area contributed by atoms with Crippen LogP contribution >= 0.6 is 0 Å². The summed E-state index contributed by atoms with van der Waals surface area (Å²) in [4.78, 5) is 5.98. The van der Waals surface area contributed by atoms with E-state index in [0.29, 0.717) is 0 Å². The van der Waals surface area contributed by atoms with Crippen molar-refractivity contribution < 1.29 is 0 Å². The molecule has 0 amide bonds. The Morgan fingerprint density at radius 2 is 1.95 bits per heavy atom. The maximum atomic E-state index is 3.69. The number of H-pyrrole nitrogens is 1. The molecule has 0 aliphatic carbocycles. The van der Waals surface area contributed by atoms with Crippen molar-refractivity contribution in [2.75, 3.05) is 13.6 Å². The Morgan fingerprint density at radius 1 is 1.19 bits per heavy atom. The van der Waals surface area contributed by atoms with Gasteiger partial charge in [0.05, 0.1) is 0 Å². The predicted octanol–water partition coefficient (Wildman–Crippen LogP) is 3.13. The number of nitrogens with one attached hydrogen (secondary N) is 2. The summed E-state index contributed by atoms with van der Waals surface area (Å²) in [6.07, 6.45) is 7.75. The monoisotopic (exact) mass is 283 g/mol. The molecule has 2 N–H and O–H groups in total. The highest BCUT2D eigenvalue weighted by molar-refractivity contribution is 5.82. The van der Waals surface area contributed by atoms with E-state index < -0.39 is 0 Å². The Labute approximate surface area is 126 Å². The zero-order valence-corrected chi connectivity index (χ0v) is 12.8. The van der Waals surface area contributed by atoms with Crippen LogP contribution in [-0.4, -0.2) is 35.6 Å². The van der Waals surface area contributed by atoms with Crippen molar-refractivity contribution >= 4 is 10.9 Å². The minimum absolute atomic E-state index is 0.851. The summed E-state index contributed by atoms with van der Waals surface area (Å²) in [6, 6.07) is 10.3. The average Bonchev–Trinajstić information content (AvgIpc) is 2.97. The van der Waals surface area contributed by atoms with Gasteiger partial charge in [-0.3, -0.25) is 0 Å². The van der Waals surface area contributed by atoms with E-state index in [4.69, 9.17) is 0 Å². The number of rotatable bonds is 4. The summed E-state index contributed by atoms with van der Waals surface area (Å²) < 4.78 is 0. The van der Waals surface area contributed by atoms with Gasteiger partial charge in [0.1, 0.15) is 0 Å². The lowest BCUT2D eigenvalue weighted by Gasteiger charge is -2.36. The van der Waals surface area contributed by atoms with Crippen LogP contribution in [0.2, 0.25) is 0 Å². The van der Waals surface area contributed by atoms with Gasteiger partial charge >= 0.3 is 0 Å². The lowest BCUT2D eigenvalue weighted by Crippen LogP contribution is -2.42. The standard InChI is InChI=1S/C18H25N3/c1-21-15-6-7-16(21)9-13(8-15)10-19-11-14-12-20-18-5-3-2-4-17(14)18/h2-5,12-13,15-16,19-20H,6-11H2,1H3. The molecule has 21 heavy (non-hydrogen) atoms. The van der Waals surface area contributed by atoms with Gasteiger partial charge < -0.3 is 15.2 Å². The molecule has 0 radical (unpaired) electrons. The molecule has 2 aliphatic rings. The van der Waals surface area contributed by atoms with Crippen molar-refractivity contribution in [3.63, 3.8) is 0 Å². The number of hydrogen-bond donors (Lipinski definition) is 2. The summed E-state index contributed by atoms with van der Waals surface area (Å²) in [5.74, 6) is 0.865. The van der Waals surface area contributed by atoms with E-state index in [1.807, 2.05) is 0 Å². The highest BCUT2D eigenvalue weighted by atomic mass is 15.2. The molecule has 2 unspecified atom stereocenters. The van der Waals surface area contributed by atoms with Crippen LogP contribution in [0.25, 0.3) is 10.9 Å². The number of nitrogens with zero attached hydrogens (tertiary/aromatic N) is 1. The highest BCUT2D eigenvalue weighted by Crippen LogP contribution is 2.37. The Balaban J connectivity index is 1.34. The number of aromatic amines is 1. The molecular weight excluding hydrogens is 258 g/mol. The third-order valence-corrected chi connectivity index (χ3v) is 5.62. The van der Waals surface area contributed by atoms with Gasteiger partial charge in [0.25, 0.3) is 0 Å². The van der Waals surface area contributed by atoms with Gasteiger partial charge in [-0.05, 0) is 56.8 Å². The van der Waals surface area contributed by atoms with Gasteiger partial charge in [-0.25, -0.2) is 0 Å². The quantitative estimate of drug-likeness (QED) is 0.903. The van der Waals surface area contributed by atoms with Crippen molar-refractivity contribution in [3.05, 3.63) is 36.0 Å². The zero-order chi connectivity index (χ0) is 14.2. The molecule has 2 aliphatic heterocycles. The highest BCUT2D eigenvalue weighted by Gasteiger charge is 2.37. The Hall–Kier alpha value is -1.32. The number of para-hydroxylation sites is 1. The van der Waals surface area contributed by atoms with Gasteiger partial charge in [0.2, 0.25) is 0 Å². The molecule has 0 saturated carbocycles. The molecule has 4 rings (SSSR count). The van der Waals surface area contributed by atoms with Crippen LogP contribution in [0.15, 0.2) is 30.5 Å². The van der Waals surface area contributed by atoms with E-state index >= 15 is 0 Å². The smallest absolute Gasteiger partial charge is 0.0457 e. The minimum Gasteiger partial charge on any atom is -0.361 e. The zero-order valence-electron chi connectivity index (χ0n) is 12.8. The molecule has 3 heteroatoms. The van der Waals surface area contributed by atoms with Crippen molar-refractivity contribution in [1.82, 2.24) is 15.2 Å². The normalized spacial score (nSPS) is 29.3. The van der Waals surface area contributed by atoms with Gasteiger partial charge in [0, 0.05) is 35.7 Å². The third-order valence-electron chi connectivity index (χ3n) is 5.62. The molecular formula is C18H25N3. The van der Waals surface area contributed by atoms with Gasteiger partial charge in [-0.2, -0.15) is 0 Å². The van der Waals surface area contributed by atoms with E-state index in [2.05, 4.69) is 52.7 Å². The van der Waals surface area contributed by atoms with E-state index in [9.17, 15) is 0 Å². The first-order valence-electron chi connectivity index (χ1n) is 8.29. The van der Waals surface area contributed by atoms with E-state index in [-0.39, 0.29) is 0 Å². The van der Waals surface area contributed by atoms with Gasteiger partial charge in [0.15, 0.2) is 0 Å². The van der Waals surface area contributed by atoms with Crippen LogP contribution < -0.4 is 5.32 Å². The molecule has 2 bridgehead atoms.